The van der Waals surface area contributed by atoms with Gasteiger partial charge in [-0.25, -0.2) is 9.67 Å². The smallest absolute Gasteiger partial charge is 0.138 e. The van der Waals surface area contributed by atoms with Crippen molar-refractivity contribution in [3.05, 3.63) is 47.5 Å². The summed E-state index contributed by atoms with van der Waals surface area (Å²) in [6.45, 7) is 7.38. The summed E-state index contributed by atoms with van der Waals surface area (Å²) in [5.41, 5.74) is 2.37. The van der Waals surface area contributed by atoms with Crippen LogP contribution in [-0.2, 0) is 13.0 Å². The first-order chi connectivity index (χ1) is 9.60. The second-order valence-electron chi connectivity index (χ2n) is 5.75. The first-order valence-electron chi connectivity index (χ1n) is 7.14. The fraction of sp³-hybridized carbons (Fsp3) is 0.500. The summed E-state index contributed by atoms with van der Waals surface area (Å²) in [5.74, 6) is 1.55. The van der Waals surface area contributed by atoms with Crippen molar-refractivity contribution in [3.8, 4) is 0 Å². The van der Waals surface area contributed by atoms with Crippen molar-refractivity contribution in [1.29, 1.82) is 0 Å². The van der Waals surface area contributed by atoms with Gasteiger partial charge in [-0.15, -0.1) is 0 Å². The lowest BCUT2D eigenvalue weighted by Crippen LogP contribution is -2.15. The second kappa shape index (κ2) is 6.66. The lowest BCUT2D eigenvalue weighted by molar-refractivity contribution is 0.261. The predicted molar refractivity (Wildman–Crippen MR) is 79.6 cm³/mol. The third-order valence-corrected chi connectivity index (χ3v) is 3.40. The van der Waals surface area contributed by atoms with Crippen molar-refractivity contribution >= 4 is 0 Å². The summed E-state index contributed by atoms with van der Waals surface area (Å²) in [6, 6.07) is 8.30. The van der Waals surface area contributed by atoms with Crippen molar-refractivity contribution in [3.63, 3.8) is 0 Å². The Kier molecular flexibility index (Phi) is 4.90. The van der Waals surface area contributed by atoms with Gasteiger partial charge < -0.3 is 5.11 Å². The number of aliphatic hydroxyl groups excluding tert-OH is 1. The summed E-state index contributed by atoms with van der Waals surface area (Å²) >= 11 is 0. The van der Waals surface area contributed by atoms with Crippen molar-refractivity contribution in [1.82, 2.24) is 14.8 Å². The monoisotopic (exact) mass is 273 g/mol. The molecule has 2 aromatic rings. The van der Waals surface area contributed by atoms with Gasteiger partial charge in [-0.05, 0) is 18.4 Å². The fourth-order valence-corrected chi connectivity index (χ4v) is 2.38. The molecule has 2 rings (SSSR count). The standard InChI is InChI=1S/C16H23N3O/c1-12(2)9-19-16(17-11-18-19)8-15(10-20)14-6-4-5-13(3)7-14/h4-7,11-12,15,20H,8-10H2,1-3H3. The summed E-state index contributed by atoms with van der Waals surface area (Å²) in [7, 11) is 0. The van der Waals surface area contributed by atoms with Crippen LogP contribution >= 0.6 is 0 Å². The molecular formula is C16H23N3O. The molecule has 0 fully saturated rings. The summed E-state index contributed by atoms with van der Waals surface area (Å²) < 4.78 is 1.95. The number of rotatable bonds is 6. The zero-order valence-corrected chi connectivity index (χ0v) is 12.5. The van der Waals surface area contributed by atoms with Gasteiger partial charge in [0.2, 0.25) is 0 Å². The van der Waals surface area contributed by atoms with E-state index < -0.39 is 0 Å². The Balaban J connectivity index is 2.16. The molecule has 0 aliphatic carbocycles. The normalized spacial score (nSPS) is 12.8. The maximum absolute atomic E-state index is 9.68. The van der Waals surface area contributed by atoms with Gasteiger partial charge in [0.05, 0.1) is 6.61 Å². The molecule has 108 valence electrons. The molecule has 1 unspecified atom stereocenters. The van der Waals surface area contributed by atoms with Crippen LogP contribution in [0, 0.1) is 12.8 Å². The van der Waals surface area contributed by atoms with E-state index in [1.807, 2.05) is 10.7 Å². The maximum Gasteiger partial charge on any atom is 0.138 e. The minimum absolute atomic E-state index is 0.0741. The Labute approximate surface area is 120 Å². The van der Waals surface area contributed by atoms with Gasteiger partial charge in [0.1, 0.15) is 12.2 Å². The number of nitrogens with zero attached hydrogens (tertiary/aromatic N) is 3. The molecule has 1 atom stereocenters. The molecule has 1 N–H and O–H groups in total. The summed E-state index contributed by atoms with van der Waals surface area (Å²) in [5, 5.41) is 14.0. The highest BCUT2D eigenvalue weighted by atomic mass is 16.3. The van der Waals surface area contributed by atoms with Gasteiger partial charge in [-0.3, -0.25) is 0 Å². The van der Waals surface area contributed by atoms with Gasteiger partial charge in [0, 0.05) is 18.9 Å². The molecule has 1 aromatic carbocycles. The minimum atomic E-state index is 0.0741. The molecular weight excluding hydrogens is 250 g/mol. The molecule has 0 spiro atoms. The lowest BCUT2D eigenvalue weighted by Gasteiger charge is -2.16. The van der Waals surface area contributed by atoms with Crippen molar-refractivity contribution in [2.24, 2.45) is 5.92 Å². The van der Waals surface area contributed by atoms with Crippen molar-refractivity contribution in [2.75, 3.05) is 6.61 Å². The number of aryl methyl sites for hydroxylation is 1. The van der Waals surface area contributed by atoms with Crippen LogP contribution in [-0.4, -0.2) is 26.5 Å². The number of hydrogen-bond acceptors (Lipinski definition) is 3. The second-order valence-corrected chi connectivity index (χ2v) is 5.75. The Morgan fingerprint density at radius 1 is 1.30 bits per heavy atom. The molecule has 0 aliphatic heterocycles. The largest absolute Gasteiger partial charge is 0.396 e. The van der Waals surface area contributed by atoms with Crippen LogP contribution in [0.25, 0.3) is 0 Å². The number of hydrogen-bond donors (Lipinski definition) is 1. The highest BCUT2D eigenvalue weighted by molar-refractivity contribution is 5.26. The molecule has 0 saturated heterocycles. The molecule has 4 heteroatoms. The van der Waals surface area contributed by atoms with E-state index >= 15 is 0 Å². The minimum Gasteiger partial charge on any atom is -0.396 e. The van der Waals surface area contributed by atoms with E-state index in [9.17, 15) is 5.11 Å². The van der Waals surface area contributed by atoms with Gasteiger partial charge in [-0.1, -0.05) is 43.7 Å². The number of benzene rings is 1. The summed E-state index contributed by atoms with van der Waals surface area (Å²) in [4.78, 5) is 4.35. The first kappa shape index (κ1) is 14.7. The zero-order chi connectivity index (χ0) is 14.5. The van der Waals surface area contributed by atoms with Gasteiger partial charge in [0.25, 0.3) is 0 Å². The average molecular weight is 273 g/mol. The number of aliphatic hydroxyl groups is 1. The SMILES string of the molecule is Cc1cccc(C(CO)Cc2ncnn2CC(C)C)c1. The van der Waals surface area contributed by atoms with Crippen molar-refractivity contribution in [2.45, 2.75) is 39.7 Å². The Morgan fingerprint density at radius 2 is 2.10 bits per heavy atom. The predicted octanol–water partition coefficient (Wildman–Crippen LogP) is 2.56. The number of aromatic nitrogens is 3. The van der Waals surface area contributed by atoms with Gasteiger partial charge >= 0.3 is 0 Å². The summed E-state index contributed by atoms with van der Waals surface area (Å²) in [6.07, 6.45) is 2.31. The van der Waals surface area contributed by atoms with Crippen LogP contribution in [0.5, 0.6) is 0 Å². The van der Waals surface area contributed by atoms with E-state index in [0.717, 1.165) is 17.9 Å². The Morgan fingerprint density at radius 3 is 2.75 bits per heavy atom. The Hall–Kier alpha value is -1.68. The van der Waals surface area contributed by atoms with Crippen molar-refractivity contribution < 1.29 is 5.11 Å². The van der Waals surface area contributed by atoms with Crippen LogP contribution in [0.4, 0.5) is 0 Å². The highest BCUT2D eigenvalue weighted by Gasteiger charge is 2.16. The Bertz CT molecular complexity index is 548. The van der Waals surface area contributed by atoms with Crippen LogP contribution < -0.4 is 0 Å². The van der Waals surface area contributed by atoms with Crippen LogP contribution in [0.15, 0.2) is 30.6 Å². The maximum atomic E-state index is 9.68. The lowest BCUT2D eigenvalue weighted by atomic mass is 9.95. The topological polar surface area (TPSA) is 50.9 Å². The first-order valence-corrected chi connectivity index (χ1v) is 7.14. The van der Waals surface area contributed by atoms with E-state index in [2.05, 4.69) is 49.1 Å². The van der Waals surface area contributed by atoms with Gasteiger partial charge in [-0.2, -0.15) is 5.10 Å². The van der Waals surface area contributed by atoms with E-state index in [1.165, 1.54) is 5.56 Å². The van der Waals surface area contributed by atoms with Gasteiger partial charge in [0.15, 0.2) is 0 Å². The fourth-order valence-electron chi connectivity index (χ4n) is 2.38. The molecule has 0 amide bonds. The quantitative estimate of drug-likeness (QED) is 0.880. The van der Waals surface area contributed by atoms with E-state index in [0.29, 0.717) is 12.3 Å². The third kappa shape index (κ3) is 3.67. The molecule has 4 nitrogen and oxygen atoms in total. The molecule has 0 saturated carbocycles. The van der Waals surface area contributed by atoms with E-state index in [1.54, 1.807) is 6.33 Å². The molecule has 0 aliphatic rings. The van der Waals surface area contributed by atoms with E-state index in [4.69, 9.17) is 0 Å². The molecule has 1 heterocycles. The van der Waals surface area contributed by atoms with Crippen LogP contribution in [0.1, 0.15) is 36.7 Å². The highest BCUT2D eigenvalue weighted by Crippen LogP contribution is 2.20. The molecule has 20 heavy (non-hydrogen) atoms. The van der Waals surface area contributed by atoms with E-state index in [-0.39, 0.29) is 12.5 Å². The average Bonchev–Trinajstić information content (AvgIpc) is 2.82. The van der Waals surface area contributed by atoms with Crippen LogP contribution in [0.2, 0.25) is 0 Å². The molecule has 1 aromatic heterocycles. The third-order valence-electron chi connectivity index (χ3n) is 3.40. The molecule has 0 radical (unpaired) electrons. The van der Waals surface area contributed by atoms with Crippen LogP contribution in [0.3, 0.4) is 0 Å². The zero-order valence-electron chi connectivity index (χ0n) is 12.5. The molecule has 0 bridgehead atoms.